The Hall–Kier alpha value is -1.90. The third-order valence-electron chi connectivity index (χ3n) is 2.18. The zero-order chi connectivity index (χ0) is 10.8. The molecule has 15 heavy (non-hydrogen) atoms. The van der Waals surface area contributed by atoms with Crippen molar-refractivity contribution in [3.05, 3.63) is 47.9 Å². The number of hydrogen-bond donors (Lipinski definition) is 1. The molecule has 0 atom stereocenters. The zero-order valence-corrected chi connectivity index (χ0v) is 8.37. The number of anilines is 1. The molecule has 0 radical (unpaired) electrons. The number of halogens is 1. The minimum atomic E-state index is -0.305. The van der Waals surface area contributed by atoms with Gasteiger partial charge in [0.05, 0.1) is 11.4 Å². The molecule has 0 bridgehead atoms. The number of nitrogen functional groups attached to an aromatic ring is 1. The molecule has 0 aliphatic carbocycles. The maximum absolute atomic E-state index is 13.5. The van der Waals surface area contributed by atoms with E-state index in [1.54, 1.807) is 30.5 Å². The number of aryl methyl sites for hydroxylation is 1. The SMILES string of the molecule is Cc1cnc(-c2ccccc2F)c(N)c1. The highest BCUT2D eigenvalue weighted by atomic mass is 19.1. The van der Waals surface area contributed by atoms with Crippen LogP contribution in [-0.4, -0.2) is 4.98 Å². The summed E-state index contributed by atoms with van der Waals surface area (Å²) in [6, 6.07) is 8.26. The van der Waals surface area contributed by atoms with Crippen LogP contribution in [0.15, 0.2) is 36.5 Å². The van der Waals surface area contributed by atoms with E-state index in [1.807, 2.05) is 6.92 Å². The molecular weight excluding hydrogens is 191 g/mol. The Morgan fingerprint density at radius 3 is 2.67 bits per heavy atom. The van der Waals surface area contributed by atoms with Crippen molar-refractivity contribution < 1.29 is 4.39 Å². The van der Waals surface area contributed by atoms with Crippen molar-refractivity contribution in [2.75, 3.05) is 5.73 Å². The lowest BCUT2D eigenvalue weighted by atomic mass is 10.1. The summed E-state index contributed by atoms with van der Waals surface area (Å²) in [7, 11) is 0. The maximum atomic E-state index is 13.5. The van der Waals surface area contributed by atoms with Crippen molar-refractivity contribution in [3.8, 4) is 11.3 Å². The van der Waals surface area contributed by atoms with E-state index in [4.69, 9.17) is 5.73 Å². The standard InChI is InChI=1S/C12H11FN2/c1-8-6-11(14)12(15-7-8)9-4-2-3-5-10(9)13/h2-7H,14H2,1H3. The van der Waals surface area contributed by atoms with Crippen LogP contribution in [0.1, 0.15) is 5.56 Å². The van der Waals surface area contributed by atoms with Gasteiger partial charge in [-0.15, -0.1) is 0 Å². The monoisotopic (exact) mass is 202 g/mol. The summed E-state index contributed by atoms with van der Waals surface area (Å²) in [6.07, 6.45) is 1.68. The van der Waals surface area contributed by atoms with Crippen molar-refractivity contribution in [2.24, 2.45) is 0 Å². The molecule has 1 aromatic heterocycles. The van der Waals surface area contributed by atoms with Crippen LogP contribution in [0.25, 0.3) is 11.3 Å². The van der Waals surface area contributed by atoms with Gasteiger partial charge in [-0.05, 0) is 30.7 Å². The highest BCUT2D eigenvalue weighted by molar-refractivity contribution is 5.72. The molecule has 1 aromatic carbocycles. The van der Waals surface area contributed by atoms with Crippen LogP contribution in [0.4, 0.5) is 10.1 Å². The predicted molar refractivity (Wildman–Crippen MR) is 58.8 cm³/mol. The molecule has 0 aliphatic heterocycles. The first kappa shape index (κ1) is 9.65. The Labute approximate surface area is 87.6 Å². The number of hydrogen-bond acceptors (Lipinski definition) is 2. The summed E-state index contributed by atoms with van der Waals surface area (Å²) in [6.45, 7) is 1.90. The van der Waals surface area contributed by atoms with E-state index in [2.05, 4.69) is 4.98 Å². The smallest absolute Gasteiger partial charge is 0.132 e. The number of pyridine rings is 1. The topological polar surface area (TPSA) is 38.9 Å². The third-order valence-corrected chi connectivity index (χ3v) is 2.18. The van der Waals surface area contributed by atoms with Gasteiger partial charge in [0, 0.05) is 11.8 Å². The number of rotatable bonds is 1. The van der Waals surface area contributed by atoms with Gasteiger partial charge < -0.3 is 5.73 Å². The molecule has 0 saturated heterocycles. The average molecular weight is 202 g/mol. The molecule has 0 fully saturated rings. The van der Waals surface area contributed by atoms with E-state index in [-0.39, 0.29) is 5.82 Å². The minimum absolute atomic E-state index is 0.305. The van der Waals surface area contributed by atoms with Crippen molar-refractivity contribution in [2.45, 2.75) is 6.92 Å². The minimum Gasteiger partial charge on any atom is -0.397 e. The molecule has 0 amide bonds. The molecule has 2 aromatic rings. The molecular formula is C12H11FN2. The second kappa shape index (κ2) is 3.69. The molecule has 0 saturated carbocycles. The van der Waals surface area contributed by atoms with E-state index in [9.17, 15) is 4.39 Å². The van der Waals surface area contributed by atoms with Crippen LogP contribution < -0.4 is 5.73 Å². The van der Waals surface area contributed by atoms with E-state index in [0.717, 1.165) is 5.56 Å². The Bertz CT molecular complexity index is 495. The summed E-state index contributed by atoms with van der Waals surface area (Å²) in [4.78, 5) is 4.14. The third kappa shape index (κ3) is 1.81. The first-order valence-corrected chi connectivity index (χ1v) is 4.65. The van der Waals surface area contributed by atoms with Gasteiger partial charge in [0.25, 0.3) is 0 Å². The number of nitrogens with two attached hydrogens (primary N) is 1. The quantitative estimate of drug-likeness (QED) is 0.772. The lowest BCUT2D eigenvalue weighted by Crippen LogP contribution is -1.95. The zero-order valence-electron chi connectivity index (χ0n) is 8.37. The summed E-state index contributed by atoms with van der Waals surface area (Å²) >= 11 is 0. The Kier molecular flexibility index (Phi) is 2.37. The van der Waals surface area contributed by atoms with Crippen molar-refractivity contribution >= 4 is 5.69 Å². The molecule has 0 unspecified atom stereocenters. The van der Waals surface area contributed by atoms with Gasteiger partial charge >= 0.3 is 0 Å². The van der Waals surface area contributed by atoms with Gasteiger partial charge in [-0.3, -0.25) is 4.98 Å². The highest BCUT2D eigenvalue weighted by Crippen LogP contribution is 2.25. The Morgan fingerprint density at radius 1 is 1.27 bits per heavy atom. The number of benzene rings is 1. The summed E-state index contributed by atoms with van der Waals surface area (Å²) in [5.41, 5.74) is 8.20. The van der Waals surface area contributed by atoms with Gasteiger partial charge in [0.1, 0.15) is 5.82 Å². The van der Waals surface area contributed by atoms with Crippen molar-refractivity contribution in [1.82, 2.24) is 4.98 Å². The van der Waals surface area contributed by atoms with Crippen LogP contribution in [-0.2, 0) is 0 Å². The molecule has 0 aliphatic rings. The van der Waals surface area contributed by atoms with E-state index in [1.165, 1.54) is 6.07 Å². The molecule has 76 valence electrons. The van der Waals surface area contributed by atoms with E-state index in [0.29, 0.717) is 16.9 Å². The van der Waals surface area contributed by atoms with Gasteiger partial charge in [-0.25, -0.2) is 4.39 Å². The fraction of sp³-hybridized carbons (Fsp3) is 0.0833. The van der Waals surface area contributed by atoms with Crippen molar-refractivity contribution in [3.63, 3.8) is 0 Å². The van der Waals surface area contributed by atoms with E-state index >= 15 is 0 Å². The van der Waals surface area contributed by atoms with Gasteiger partial charge in [0.2, 0.25) is 0 Å². The number of aromatic nitrogens is 1. The summed E-state index contributed by atoms with van der Waals surface area (Å²) < 4.78 is 13.5. The lowest BCUT2D eigenvalue weighted by Gasteiger charge is -2.06. The van der Waals surface area contributed by atoms with Gasteiger partial charge in [-0.2, -0.15) is 0 Å². The van der Waals surface area contributed by atoms with Gasteiger partial charge in [0.15, 0.2) is 0 Å². The molecule has 2 N–H and O–H groups in total. The largest absolute Gasteiger partial charge is 0.397 e. The maximum Gasteiger partial charge on any atom is 0.132 e. The second-order valence-corrected chi connectivity index (χ2v) is 3.43. The van der Waals surface area contributed by atoms with Crippen LogP contribution in [0.2, 0.25) is 0 Å². The average Bonchev–Trinajstić information content (AvgIpc) is 2.20. The van der Waals surface area contributed by atoms with Crippen LogP contribution in [0.3, 0.4) is 0 Å². The molecule has 2 nitrogen and oxygen atoms in total. The first-order valence-electron chi connectivity index (χ1n) is 4.65. The van der Waals surface area contributed by atoms with Crippen molar-refractivity contribution in [1.29, 1.82) is 0 Å². The molecule has 1 heterocycles. The molecule has 0 spiro atoms. The van der Waals surface area contributed by atoms with Gasteiger partial charge in [-0.1, -0.05) is 12.1 Å². The van der Waals surface area contributed by atoms with Crippen LogP contribution in [0, 0.1) is 12.7 Å². The van der Waals surface area contributed by atoms with E-state index < -0.39 is 0 Å². The lowest BCUT2D eigenvalue weighted by molar-refractivity contribution is 0.631. The first-order chi connectivity index (χ1) is 7.18. The molecule has 2 rings (SSSR count). The summed E-state index contributed by atoms with van der Waals surface area (Å²) in [5.74, 6) is -0.305. The fourth-order valence-corrected chi connectivity index (χ4v) is 1.47. The molecule has 3 heteroatoms. The highest BCUT2D eigenvalue weighted by Gasteiger charge is 2.08. The second-order valence-electron chi connectivity index (χ2n) is 3.43. The Balaban J connectivity index is 2.60. The van der Waals surface area contributed by atoms with Crippen LogP contribution in [0.5, 0.6) is 0 Å². The number of nitrogens with zero attached hydrogens (tertiary/aromatic N) is 1. The van der Waals surface area contributed by atoms with Crippen LogP contribution >= 0.6 is 0 Å². The predicted octanol–water partition coefficient (Wildman–Crippen LogP) is 2.78. The normalized spacial score (nSPS) is 10.3. The fourth-order valence-electron chi connectivity index (χ4n) is 1.47. The Morgan fingerprint density at radius 2 is 2.00 bits per heavy atom. The summed E-state index contributed by atoms with van der Waals surface area (Å²) in [5, 5.41) is 0.